The number of allylic oxidation sites excluding steroid dienone is 2. The molecule has 1 aromatic rings. The number of hydrogen-bond acceptors (Lipinski definition) is 7. The molecule has 7 nitrogen and oxygen atoms in total. The van der Waals surface area contributed by atoms with Crippen molar-refractivity contribution in [1.82, 2.24) is 4.90 Å². The molecule has 150 valence electrons. The molecule has 2 aliphatic rings. The monoisotopic (exact) mass is 391 g/mol. The maximum atomic E-state index is 13.5. The van der Waals surface area contributed by atoms with Gasteiger partial charge >= 0.3 is 12.3 Å². The first-order valence-electron chi connectivity index (χ1n) is 8.85. The van der Waals surface area contributed by atoms with E-state index in [1.165, 1.54) is 26.4 Å². The molecule has 1 aliphatic carbocycles. The Morgan fingerprint density at radius 2 is 1.39 bits per heavy atom. The fourth-order valence-corrected chi connectivity index (χ4v) is 3.39. The highest BCUT2D eigenvalue weighted by Crippen LogP contribution is 2.46. The Hall–Kier alpha value is -3.03. The molecule has 0 N–H and O–H groups in total. The highest BCUT2D eigenvalue weighted by Gasteiger charge is 2.42. The van der Waals surface area contributed by atoms with Crippen LogP contribution in [0.15, 0.2) is 47.2 Å². The van der Waals surface area contributed by atoms with Crippen LogP contribution in [0.4, 0.5) is 14.0 Å². The Morgan fingerprint density at radius 1 is 0.929 bits per heavy atom. The maximum Gasteiger partial charge on any atom is 0.513 e. The lowest BCUT2D eigenvalue weighted by atomic mass is 9.89. The summed E-state index contributed by atoms with van der Waals surface area (Å²) in [6.07, 6.45) is 0.142. The van der Waals surface area contributed by atoms with Crippen LogP contribution in [0.5, 0.6) is 0 Å². The molecule has 1 saturated carbocycles. The van der Waals surface area contributed by atoms with Gasteiger partial charge in [-0.25, -0.2) is 14.0 Å². The minimum absolute atomic E-state index is 0.224. The van der Waals surface area contributed by atoms with Gasteiger partial charge < -0.3 is 23.8 Å². The third-order valence-corrected chi connectivity index (χ3v) is 4.80. The second kappa shape index (κ2) is 7.92. The number of hydrogen-bond donors (Lipinski definition) is 0. The van der Waals surface area contributed by atoms with Crippen molar-refractivity contribution in [1.29, 1.82) is 0 Å². The van der Waals surface area contributed by atoms with Crippen molar-refractivity contribution in [3.8, 4) is 0 Å². The summed E-state index contributed by atoms with van der Waals surface area (Å²) in [7, 11) is 2.42. The van der Waals surface area contributed by atoms with Gasteiger partial charge in [-0.15, -0.1) is 0 Å². The van der Waals surface area contributed by atoms with Crippen molar-refractivity contribution in [2.75, 3.05) is 14.2 Å². The van der Waals surface area contributed by atoms with E-state index in [-0.39, 0.29) is 17.6 Å². The van der Waals surface area contributed by atoms with Crippen molar-refractivity contribution < 1.29 is 32.9 Å². The molecule has 1 aromatic carbocycles. The van der Waals surface area contributed by atoms with Gasteiger partial charge in [0.2, 0.25) is 0 Å². The summed E-state index contributed by atoms with van der Waals surface area (Å²) in [6.45, 7) is 3.65. The van der Waals surface area contributed by atoms with Gasteiger partial charge in [0.1, 0.15) is 23.3 Å². The third-order valence-electron chi connectivity index (χ3n) is 4.80. The molecule has 28 heavy (non-hydrogen) atoms. The molecule has 1 aliphatic heterocycles. The van der Waals surface area contributed by atoms with Gasteiger partial charge in [0.15, 0.2) is 0 Å². The van der Waals surface area contributed by atoms with E-state index in [1.807, 2.05) is 18.7 Å². The molecule has 0 unspecified atom stereocenters. The van der Waals surface area contributed by atoms with Crippen LogP contribution in [-0.2, 0) is 18.9 Å². The van der Waals surface area contributed by atoms with E-state index < -0.39 is 24.0 Å². The van der Waals surface area contributed by atoms with E-state index in [1.54, 1.807) is 12.1 Å². The molecule has 0 amide bonds. The number of nitrogens with zero attached hydrogens (tertiary/aromatic N) is 1. The van der Waals surface area contributed by atoms with Crippen LogP contribution in [0, 0.1) is 5.82 Å². The molecule has 1 fully saturated rings. The van der Waals surface area contributed by atoms with Crippen LogP contribution in [0.2, 0.25) is 0 Å². The maximum absolute atomic E-state index is 13.5. The molecule has 1 heterocycles. The molecule has 0 radical (unpaired) electrons. The average Bonchev–Trinajstić information content (AvgIpc) is 3.51. The lowest BCUT2D eigenvalue weighted by Crippen LogP contribution is -2.34. The SMILES string of the molecule is COC(=O)OC1=C(C)N(C2CC2)C(C)=C(OC(=O)OC)C1c1ccc(F)cc1. The molecule has 0 saturated heterocycles. The van der Waals surface area contributed by atoms with Crippen molar-refractivity contribution in [2.45, 2.75) is 38.6 Å². The number of benzene rings is 1. The first kappa shape index (κ1) is 19.7. The molecule has 3 rings (SSSR count). The minimum Gasteiger partial charge on any atom is -0.437 e. The summed E-state index contributed by atoms with van der Waals surface area (Å²) >= 11 is 0. The average molecular weight is 391 g/mol. The molecular formula is C20H22FNO6. The number of carbonyl (C=O) groups is 2. The summed E-state index contributed by atoms with van der Waals surface area (Å²) in [6, 6.07) is 5.91. The molecule has 8 heteroatoms. The van der Waals surface area contributed by atoms with E-state index in [0.29, 0.717) is 17.0 Å². The van der Waals surface area contributed by atoms with Crippen LogP contribution >= 0.6 is 0 Å². The molecule has 0 atom stereocenters. The Labute approximate surface area is 162 Å². The Morgan fingerprint density at radius 3 is 1.79 bits per heavy atom. The molecule has 0 bridgehead atoms. The van der Waals surface area contributed by atoms with E-state index in [0.717, 1.165) is 12.8 Å². The largest absolute Gasteiger partial charge is 0.513 e. The summed E-state index contributed by atoms with van der Waals surface area (Å²) in [5.41, 5.74) is 2.00. The van der Waals surface area contributed by atoms with Crippen LogP contribution in [0.1, 0.15) is 38.2 Å². The quantitative estimate of drug-likeness (QED) is 0.704. The summed E-state index contributed by atoms with van der Waals surface area (Å²) in [5, 5.41) is 0. The number of rotatable bonds is 4. The van der Waals surface area contributed by atoms with Crippen molar-refractivity contribution in [3.63, 3.8) is 0 Å². The first-order valence-corrected chi connectivity index (χ1v) is 8.85. The fourth-order valence-electron chi connectivity index (χ4n) is 3.39. The van der Waals surface area contributed by atoms with Crippen molar-refractivity contribution in [2.24, 2.45) is 0 Å². The summed E-state index contributed by atoms with van der Waals surface area (Å²) in [5.74, 6) is -0.634. The van der Waals surface area contributed by atoms with Crippen LogP contribution in [-0.4, -0.2) is 37.5 Å². The second-order valence-corrected chi connectivity index (χ2v) is 6.60. The number of carbonyl (C=O) groups excluding carboxylic acids is 2. The Balaban J connectivity index is 2.15. The van der Waals surface area contributed by atoms with Gasteiger partial charge in [-0.05, 0) is 44.4 Å². The fraction of sp³-hybridized carbons (Fsp3) is 0.400. The summed E-state index contributed by atoms with van der Waals surface area (Å²) in [4.78, 5) is 25.8. The second-order valence-electron chi connectivity index (χ2n) is 6.60. The normalized spacial score (nSPS) is 17.5. The van der Waals surface area contributed by atoms with Gasteiger partial charge in [-0.3, -0.25) is 0 Å². The van der Waals surface area contributed by atoms with Crippen LogP contribution in [0.3, 0.4) is 0 Å². The Bertz CT molecular complexity index is 799. The van der Waals surface area contributed by atoms with E-state index in [9.17, 15) is 14.0 Å². The van der Waals surface area contributed by atoms with Crippen molar-refractivity contribution in [3.05, 3.63) is 58.6 Å². The third kappa shape index (κ3) is 3.81. The van der Waals surface area contributed by atoms with E-state index >= 15 is 0 Å². The lowest BCUT2D eigenvalue weighted by molar-refractivity contribution is 0.0737. The smallest absolute Gasteiger partial charge is 0.437 e. The summed E-state index contributed by atoms with van der Waals surface area (Å²) < 4.78 is 33.7. The minimum atomic E-state index is -0.894. The zero-order valence-corrected chi connectivity index (χ0v) is 16.2. The molecular weight excluding hydrogens is 369 g/mol. The van der Waals surface area contributed by atoms with Gasteiger partial charge in [-0.1, -0.05) is 12.1 Å². The first-order chi connectivity index (χ1) is 13.4. The zero-order valence-electron chi connectivity index (χ0n) is 16.2. The van der Waals surface area contributed by atoms with Crippen molar-refractivity contribution >= 4 is 12.3 Å². The van der Waals surface area contributed by atoms with Gasteiger partial charge in [0.05, 0.1) is 25.6 Å². The van der Waals surface area contributed by atoms with Gasteiger partial charge in [0, 0.05) is 6.04 Å². The standard InChI is InChI=1S/C20H22FNO6/c1-11-17(27-19(23)25-3)16(13-5-7-14(21)8-6-13)18(28-20(24)26-4)12(2)22(11)15-9-10-15/h5-8,15-16H,9-10H2,1-4H3. The topological polar surface area (TPSA) is 74.3 Å². The number of ether oxygens (including phenoxy) is 4. The molecule has 0 spiro atoms. The van der Waals surface area contributed by atoms with E-state index in [2.05, 4.69) is 9.47 Å². The Kier molecular flexibility index (Phi) is 5.58. The van der Waals surface area contributed by atoms with Crippen LogP contribution < -0.4 is 0 Å². The highest BCUT2D eigenvalue weighted by molar-refractivity contribution is 5.65. The predicted octanol–water partition coefficient (Wildman–Crippen LogP) is 4.42. The number of halogens is 1. The van der Waals surface area contributed by atoms with Crippen LogP contribution in [0.25, 0.3) is 0 Å². The van der Waals surface area contributed by atoms with Gasteiger partial charge in [-0.2, -0.15) is 0 Å². The lowest BCUT2D eigenvalue weighted by Gasteiger charge is -2.37. The number of methoxy groups -OCH3 is 2. The predicted molar refractivity (Wildman–Crippen MR) is 96.4 cm³/mol. The molecule has 0 aromatic heterocycles. The highest BCUT2D eigenvalue weighted by atomic mass is 19.1. The zero-order chi connectivity index (χ0) is 20.4. The van der Waals surface area contributed by atoms with Gasteiger partial charge in [0.25, 0.3) is 0 Å². The van der Waals surface area contributed by atoms with E-state index in [4.69, 9.17) is 9.47 Å².